The molecule has 2 N–H and O–H groups in total. The zero-order chi connectivity index (χ0) is 17.1. The number of amides is 2. The summed E-state index contributed by atoms with van der Waals surface area (Å²) < 4.78 is 13.6. The van der Waals surface area contributed by atoms with Crippen LogP contribution in [0.4, 0.5) is 10.1 Å². The van der Waals surface area contributed by atoms with Crippen LogP contribution >= 0.6 is 0 Å². The van der Waals surface area contributed by atoms with Crippen molar-refractivity contribution in [1.82, 2.24) is 5.32 Å². The maximum absolute atomic E-state index is 13.6. The fourth-order valence-corrected chi connectivity index (χ4v) is 3.41. The van der Waals surface area contributed by atoms with Gasteiger partial charge in [-0.15, -0.1) is 0 Å². The summed E-state index contributed by atoms with van der Waals surface area (Å²) in [7, 11) is 0. The van der Waals surface area contributed by atoms with E-state index in [0.29, 0.717) is 11.6 Å². The van der Waals surface area contributed by atoms with Crippen LogP contribution in [-0.2, 0) is 4.79 Å². The molecule has 0 spiro atoms. The third-order valence-electron chi connectivity index (χ3n) is 5.12. The standard InChI is InChI=1S/C19H25FN2O2/c1-12-10-15(12)18(23)22-17-9-8-13(20)11-16(17)19(24)21-14-6-4-2-3-5-7-14/h8-9,11-12,14-15H,2-7,10H2,1H3,(H,21,24)(H,22,23). The van der Waals surface area contributed by atoms with Crippen LogP contribution in [0.2, 0.25) is 0 Å². The minimum absolute atomic E-state index is 0.00724. The average molecular weight is 332 g/mol. The zero-order valence-electron chi connectivity index (χ0n) is 14.1. The van der Waals surface area contributed by atoms with Gasteiger partial charge in [0.1, 0.15) is 5.82 Å². The van der Waals surface area contributed by atoms with E-state index in [9.17, 15) is 14.0 Å². The molecule has 0 radical (unpaired) electrons. The van der Waals surface area contributed by atoms with Crippen LogP contribution < -0.4 is 10.6 Å². The zero-order valence-corrected chi connectivity index (χ0v) is 14.1. The number of rotatable bonds is 4. The van der Waals surface area contributed by atoms with Crippen LogP contribution in [0.1, 0.15) is 62.2 Å². The van der Waals surface area contributed by atoms with E-state index in [1.165, 1.54) is 31.0 Å². The highest BCUT2D eigenvalue weighted by Gasteiger charge is 2.39. The Morgan fingerprint density at radius 3 is 2.42 bits per heavy atom. The lowest BCUT2D eigenvalue weighted by molar-refractivity contribution is -0.117. The molecule has 2 fully saturated rings. The third kappa shape index (κ3) is 4.13. The molecule has 4 nitrogen and oxygen atoms in total. The second kappa shape index (κ2) is 7.32. The van der Waals surface area contributed by atoms with Gasteiger partial charge in [0.05, 0.1) is 11.3 Å². The Morgan fingerprint density at radius 1 is 1.12 bits per heavy atom. The van der Waals surface area contributed by atoms with Crippen molar-refractivity contribution in [2.45, 2.75) is 57.9 Å². The molecule has 0 saturated heterocycles. The van der Waals surface area contributed by atoms with E-state index in [-0.39, 0.29) is 29.3 Å². The molecule has 2 atom stereocenters. The first-order valence-corrected chi connectivity index (χ1v) is 8.96. The molecular formula is C19H25FN2O2. The smallest absolute Gasteiger partial charge is 0.253 e. The molecule has 1 aromatic rings. The minimum Gasteiger partial charge on any atom is -0.349 e. The van der Waals surface area contributed by atoms with Gasteiger partial charge in [0.15, 0.2) is 0 Å². The van der Waals surface area contributed by atoms with Crippen LogP contribution in [0.5, 0.6) is 0 Å². The molecule has 2 aliphatic rings. The largest absolute Gasteiger partial charge is 0.349 e. The topological polar surface area (TPSA) is 58.2 Å². The summed E-state index contributed by atoms with van der Waals surface area (Å²) in [5.74, 6) is -0.474. The molecule has 2 saturated carbocycles. The number of hydrogen-bond acceptors (Lipinski definition) is 2. The number of hydrogen-bond donors (Lipinski definition) is 2. The summed E-state index contributed by atoms with van der Waals surface area (Å²) >= 11 is 0. The highest BCUT2D eigenvalue weighted by molar-refractivity contribution is 6.04. The van der Waals surface area contributed by atoms with Crippen LogP contribution in [0.25, 0.3) is 0 Å². The van der Waals surface area contributed by atoms with E-state index in [1.54, 1.807) is 0 Å². The lowest BCUT2D eigenvalue weighted by Crippen LogP contribution is -2.35. The van der Waals surface area contributed by atoms with E-state index < -0.39 is 5.82 Å². The first kappa shape index (κ1) is 16.9. The summed E-state index contributed by atoms with van der Waals surface area (Å²) in [4.78, 5) is 24.7. The third-order valence-corrected chi connectivity index (χ3v) is 5.12. The van der Waals surface area contributed by atoms with Gasteiger partial charge in [0, 0.05) is 12.0 Å². The van der Waals surface area contributed by atoms with E-state index in [0.717, 1.165) is 32.1 Å². The molecule has 0 aliphatic heterocycles. The van der Waals surface area contributed by atoms with Crippen LogP contribution in [0.3, 0.4) is 0 Å². The van der Waals surface area contributed by atoms with E-state index >= 15 is 0 Å². The maximum Gasteiger partial charge on any atom is 0.253 e. The van der Waals surface area contributed by atoms with Gasteiger partial charge < -0.3 is 10.6 Å². The van der Waals surface area contributed by atoms with Crippen molar-refractivity contribution < 1.29 is 14.0 Å². The van der Waals surface area contributed by atoms with E-state index in [2.05, 4.69) is 10.6 Å². The number of benzene rings is 1. The Kier molecular flexibility index (Phi) is 5.17. The lowest BCUT2D eigenvalue weighted by Gasteiger charge is -2.18. The molecule has 0 heterocycles. The molecule has 2 aliphatic carbocycles. The summed E-state index contributed by atoms with van der Waals surface area (Å²) in [5, 5.41) is 5.81. The second-order valence-corrected chi connectivity index (χ2v) is 7.16. The maximum atomic E-state index is 13.6. The molecule has 24 heavy (non-hydrogen) atoms. The summed E-state index contributed by atoms with van der Waals surface area (Å²) in [5.41, 5.74) is 0.604. The van der Waals surface area contributed by atoms with Crippen molar-refractivity contribution in [3.8, 4) is 0 Å². The van der Waals surface area contributed by atoms with Gasteiger partial charge in [-0.1, -0.05) is 32.6 Å². The fraction of sp³-hybridized carbons (Fsp3) is 0.579. The molecule has 5 heteroatoms. The summed E-state index contributed by atoms with van der Waals surface area (Å²) in [6, 6.07) is 4.09. The molecule has 130 valence electrons. The number of carbonyl (C=O) groups is 2. The molecule has 1 aromatic carbocycles. The van der Waals surface area contributed by atoms with Gasteiger partial charge in [-0.3, -0.25) is 9.59 Å². The fourth-order valence-electron chi connectivity index (χ4n) is 3.41. The van der Waals surface area contributed by atoms with Crippen molar-refractivity contribution in [3.05, 3.63) is 29.6 Å². The molecule has 3 rings (SSSR count). The highest BCUT2D eigenvalue weighted by Crippen LogP contribution is 2.38. The van der Waals surface area contributed by atoms with Gasteiger partial charge in [0.25, 0.3) is 5.91 Å². The predicted octanol–water partition coefficient (Wildman–Crippen LogP) is 3.87. The summed E-state index contributed by atoms with van der Waals surface area (Å²) in [6.45, 7) is 2.02. The molecular weight excluding hydrogens is 307 g/mol. The Hall–Kier alpha value is -1.91. The molecule has 2 unspecified atom stereocenters. The normalized spacial score (nSPS) is 24.1. The van der Waals surface area contributed by atoms with Crippen molar-refractivity contribution >= 4 is 17.5 Å². The first-order chi connectivity index (χ1) is 11.5. The monoisotopic (exact) mass is 332 g/mol. The number of halogens is 1. The van der Waals surface area contributed by atoms with Crippen molar-refractivity contribution in [2.24, 2.45) is 11.8 Å². The Bertz CT molecular complexity index is 624. The average Bonchev–Trinajstić information content (AvgIpc) is 3.32. The second-order valence-electron chi connectivity index (χ2n) is 7.16. The SMILES string of the molecule is CC1CC1C(=O)Nc1ccc(F)cc1C(=O)NC1CCCCCC1. The Labute approximate surface area is 142 Å². The predicted molar refractivity (Wildman–Crippen MR) is 91.3 cm³/mol. The van der Waals surface area contributed by atoms with E-state index in [1.807, 2.05) is 6.92 Å². The molecule has 2 amide bonds. The van der Waals surface area contributed by atoms with Crippen molar-refractivity contribution in [1.29, 1.82) is 0 Å². The van der Waals surface area contributed by atoms with Crippen LogP contribution in [0.15, 0.2) is 18.2 Å². The number of carbonyl (C=O) groups excluding carboxylic acids is 2. The number of anilines is 1. The molecule has 0 bridgehead atoms. The van der Waals surface area contributed by atoms with Crippen LogP contribution in [-0.4, -0.2) is 17.9 Å². The molecule has 0 aromatic heterocycles. The highest BCUT2D eigenvalue weighted by atomic mass is 19.1. The quantitative estimate of drug-likeness (QED) is 0.822. The van der Waals surface area contributed by atoms with Gasteiger partial charge in [-0.2, -0.15) is 0 Å². The van der Waals surface area contributed by atoms with E-state index in [4.69, 9.17) is 0 Å². The van der Waals surface area contributed by atoms with Crippen molar-refractivity contribution in [2.75, 3.05) is 5.32 Å². The van der Waals surface area contributed by atoms with Gasteiger partial charge in [-0.25, -0.2) is 4.39 Å². The van der Waals surface area contributed by atoms with Crippen molar-refractivity contribution in [3.63, 3.8) is 0 Å². The Balaban J connectivity index is 1.71. The lowest BCUT2D eigenvalue weighted by atomic mass is 10.1. The van der Waals surface area contributed by atoms with Gasteiger partial charge in [-0.05, 0) is 43.4 Å². The minimum atomic E-state index is -0.473. The van der Waals surface area contributed by atoms with Gasteiger partial charge in [0.2, 0.25) is 5.91 Å². The Morgan fingerprint density at radius 2 is 1.79 bits per heavy atom. The first-order valence-electron chi connectivity index (χ1n) is 8.96. The van der Waals surface area contributed by atoms with Crippen LogP contribution in [0, 0.1) is 17.7 Å². The van der Waals surface area contributed by atoms with Gasteiger partial charge >= 0.3 is 0 Å². The summed E-state index contributed by atoms with van der Waals surface area (Å²) in [6.07, 6.45) is 7.41. The number of nitrogens with one attached hydrogen (secondary N) is 2.